The average Bonchev–Trinajstić information content (AvgIpc) is 2.34. The fraction of sp³-hybridized carbons (Fsp3) is 0. The number of hydrogen-bond donors (Lipinski definition) is 3. The number of nitrogen functional groups attached to an aromatic ring is 1. The number of halogens is 2. The highest BCUT2D eigenvalue weighted by atomic mass is 127. The van der Waals surface area contributed by atoms with E-state index in [9.17, 15) is 9.18 Å². The summed E-state index contributed by atoms with van der Waals surface area (Å²) in [4.78, 5) is 11.2. The zero-order chi connectivity index (χ0) is 14.0. The maximum Gasteiger partial charge on any atom is 0.250 e. The Bertz CT molecular complexity index is 646. The standard InChI is InChI=1S/C13H11FIN3O/c14-7-4-5-10(9(15)6-7)18-11-3-1-2-8(12(11)16)13(17)19/h1-6,18H,16H2,(H2,17,19). The highest BCUT2D eigenvalue weighted by Gasteiger charge is 2.10. The van der Waals surface area contributed by atoms with Crippen LogP contribution < -0.4 is 16.8 Å². The van der Waals surface area contributed by atoms with Gasteiger partial charge in [-0.1, -0.05) is 6.07 Å². The number of amides is 1. The van der Waals surface area contributed by atoms with E-state index in [4.69, 9.17) is 11.5 Å². The number of nitrogens with one attached hydrogen (secondary N) is 1. The number of hydrogen-bond acceptors (Lipinski definition) is 3. The molecule has 19 heavy (non-hydrogen) atoms. The molecule has 0 unspecified atom stereocenters. The Labute approximate surface area is 123 Å². The molecule has 0 saturated heterocycles. The molecule has 0 bridgehead atoms. The first-order valence-electron chi connectivity index (χ1n) is 5.39. The molecule has 0 aliphatic heterocycles. The zero-order valence-corrected chi connectivity index (χ0v) is 11.9. The molecule has 0 aromatic heterocycles. The lowest BCUT2D eigenvalue weighted by Crippen LogP contribution is -2.14. The molecule has 98 valence electrons. The molecule has 0 heterocycles. The van der Waals surface area contributed by atoms with Gasteiger partial charge >= 0.3 is 0 Å². The van der Waals surface area contributed by atoms with Crippen molar-refractivity contribution in [1.29, 1.82) is 0 Å². The van der Waals surface area contributed by atoms with Crippen LogP contribution in [-0.2, 0) is 0 Å². The molecular formula is C13H11FIN3O. The van der Waals surface area contributed by atoms with Gasteiger partial charge < -0.3 is 16.8 Å². The number of para-hydroxylation sites is 1. The first-order chi connectivity index (χ1) is 8.99. The minimum atomic E-state index is -0.588. The van der Waals surface area contributed by atoms with Crippen molar-refractivity contribution in [3.8, 4) is 0 Å². The van der Waals surface area contributed by atoms with Crippen LogP contribution in [0.4, 0.5) is 21.5 Å². The van der Waals surface area contributed by atoms with Crippen LogP contribution in [0.25, 0.3) is 0 Å². The van der Waals surface area contributed by atoms with Gasteiger partial charge in [-0.25, -0.2) is 4.39 Å². The van der Waals surface area contributed by atoms with Crippen LogP contribution in [0.5, 0.6) is 0 Å². The van der Waals surface area contributed by atoms with Crippen LogP contribution in [0.2, 0.25) is 0 Å². The van der Waals surface area contributed by atoms with Crippen molar-refractivity contribution in [2.24, 2.45) is 5.73 Å². The van der Waals surface area contributed by atoms with E-state index in [0.29, 0.717) is 14.9 Å². The maximum absolute atomic E-state index is 13.0. The van der Waals surface area contributed by atoms with Gasteiger partial charge in [0.2, 0.25) is 0 Å². The van der Waals surface area contributed by atoms with Gasteiger partial charge in [0.15, 0.2) is 0 Å². The van der Waals surface area contributed by atoms with Crippen LogP contribution in [0, 0.1) is 9.39 Å². The Morgan fingerprint density at radius 3 is 2.58 bits per heavy atom. The Morgan fingerprint density at radius 1 is 1.21 bits per heavy atom. The molecule has 4 nitrogen and oxygen atoms in total. The van der Waals surface area contributed by atoms with Crippen LogP contribution in [0.15, 0.2) is 36.4 Å². The van der Waals surface area contributed by atoms with E-state index in [1.54, 1.807) is 24.3 Å². The van der Waals surface area contributed by atoms with Gasteiger partial charge in [0, 0.05) is 3.57 Å². The van der Waals surface area contributed by atoms with Gasteiger partial charge in [-0.3, -0.25) is 4.79 Å². The van der Waals surface area contributed by atoms with Gasteiger partial charge in [-0.2, -0.15) is 0 Å². The number of nitrogens with two attached hydrogens (primary N) is 2. The molecule has 0 atom stereocenters. The van der Waals surface area contributed by atoms with Crippen molar-refractivity contribution in [1.82, 2.24) is 0 Å². The van der Waals surface area contributed by atoms with E-state index in [1.807, 2.05) is 22.6 Å². The largest absolute Gasteiger partial charge is 0.396 e. The van der Waals surface area contributed by atoms with Gasteiger partial charge in [0.25, 0.3) is 5.91 Å². The molecule has 0 radical (unpaired) electrons. The maximum atomic E-state index is 13.0. The lowest BCUT2D eigenvalue weighted by Gasteiger charge is -2.12. The Balaban J connectivity index is 2.38. The Hall–Kier alpha value is -1.83. The van der Waals surface area contributed by atoms with Gasteiger partial charge in [0.1, 0.15) is 5.82 Å². The second-order valence-electron chi connectivity index (χ2n) is 3.88. The summed E-state index contributed by atoms with van der Waals surface area (Å²) in [6, 6.07) is 9.30. The second kappa shape index (κ2) is 5.43. The van der Waals surface area contributed by atoms with E-state index < -0.39 is 5.91 Å². The number of carbonyl (C=O) groups is 1. The molecule has 2 rings (SSSR count). The SMILES string of the molecule is NC(=O)c1cccc(Nc2ccc(F)cc2I)c1N. The summed E-state index contributed by atoms with van der Waals surface area (Å²) in [5.74, 6) is -0.899. The molecule has 2 aromatic carbocycles. The first-order valence-corrected chi connectivity index (χ1v) is 6.47. The third-order valence-corrected chi connectivity index (χ3v) is 3.46. The predicted molar refractivity (Wildman–Crippen MR) is 81.8 cm³/mol. The fourth-order valence-electron chi connectivity index (χ4n) is 1.63. The molecule has 5 N–H and O–H groups in total. The highest BCUT2D eigenvalue weighted by Crippen LogP contribution is 2.28. The van der Waals surface area contributed by atoms with E-state index in [-0.39, 0.29) is 17.1 Å². The smallest absolute Gasteiger partial charge is 0.250 e. The number of carbonyl (C=O) groups excluding carboxylic acids is 1. The van der Waals surface area contributed by atoms with Crippen molar-refractivity contribution in [3.63, 3.8) is 0 Å². The molecular weight excluding hydrogens is 360 g/mol. The third kappa shape index (κ3) is 2.95. The first kappa shape index (κ1) is 13.6. The lowest BCUT2D eigenvalue weighted by atomic mass is 10.1. The van der Waals surface area contributed by atoms with Crippen LogP contribution in [-0.4, -0.2) is 5.91 Å². The monoisotopic (exact) mass is 371 g/mol. The second-order valence-corrected chi connectivity index (χ2v) is 5.04. The summed E-state index contributed by atoms with van der Waals surface area (Å²) in [5, 5.41) is 3.06. The van der Waals surface area contributed by atoms with E-state index in [2.05, 4.69) is 5.32 Å². The molecule has 1 amide bonds. The molecule has 0 saturated carbocycles. The van der Waals surface area contributed by atoms with Gasteiger partial charge in [-0.15, -0.1) is 0 Å². The van der Waals surface area contributed by atoms with Crippen molar-refractivity contribution in [3.05, 3.63) is 51.3 Å². The predicted octanol–water partition coefficient (Wildman–Crippen LogP) is 2.86. The summed E-state index contributed by atoms with van der Waals surface area (Å²) in [7, 11) is 0. The summed E-state index contributed by atoms with van der Waals surface area (Å²) < 4.78 is 13.7. The van der Waals surface area contributed by atoms with E-state index in [0.717, 1.165) is 0 Å². The molecule has 2 aromatic rings. The summed E-state index contributed by atoms with van der Waals surface area (Å²) in [6.07, 6.45) is 0. The third-order valence-electron chi connectivity index (χ3n) is 2.57. The number of primary amides is 1. The number of rotatable bonds is 3. The number of anilines is 3. The van der Waals surface area contributed by atoms with Gasteiger partial charge in [0.05, 0.1) is 22.6 Å². The Morgan fingerprint density at radius 2 is 1.95 bits per heavy atom. The van der Waals surface area contributed by atoms with Crippen LogP contribution in [0.1, 0.15) is 10.4 Å². The van der Waals surface area contributed by atoms with Crippen molar-refractivity contribution in [2.75, 3.05) is 11.1 Å². The minimum Gasteiger partial charge on any atom is -0.396 e. The van der Waals surface area contributed by atoms with E-state index in [1.165, 1.54) is 12.1 Å². The zero-order valence-electron chi connectivity index (χ0n) is 9.78. The quantitative estimate of drug-likeness (QED) is 0.573. The molecule has 6 heteroatoms. The molecule has 0 spiro atoms. The summed E-state index contributed by atoms with van der Waals surface area (Å²) in [6.45, 7) is 0. The van der Waals surface area contributed by atoms with Crippen LogP contribution >= 0.6 is 22.6 Å². The van der Waals surface area contributed by atoms with E-state index >= 15 is 0 Å². The minimum absolute atomic E-state index is 0.252. The molecule has 0 aliphatic carbocycles. The Kier molecular flexibility index (Phi) is 3.89. The van der Waals surface area contributed by atoms with Crippen molar-refractivity contribution >= 4 is 45.6 Å². The highest BCUT2D eigenvalue weighted by molar-refractivity contribution is 14.1. The number of benzene rings is 2. The fourth-order valence-corrected chi connectivity index (χ4v) is 2.24. The van der Waals surface area contributed by atoms with Gasteiger partial charge in [-0.05, 0) is 52.9 Å². The lowest BCUT2D eigenvalue weighted by molar-refractivity contribution is 0.100. The van der Waals surface area contributed by atoms with Crippen molar-refractivity contribution in [2.45, 2.75) is 0 Å². The summed E-state index contributed by atoms with van der Waals surface area (Å²) in [5.41, 5.74) is 12.9. The topological polar surface area (TPSA) is 81.1 Å². The normalized spacial score (nSPS) is 10.2. The van der Waals surface area contributed by atoms with Crippen molar-refractivity contribution < 1.29 is 9.18 Å². The average molecular weight is 371 g/mol. The molecule has 0 fully saturated rings. The van der Waals surface area contributed by atoms with Crippen LogP contribution in [0.3, 0.4) is 0 Å². The molecule has 0 aliphatic rings. The summed E-state index contributed by atoms with van der Waals surface area (Å²) >= 11 is 2.01.